The van der Waals surface area contributed by atoms with Crippen LogP contribution in [0.1, 0.15) is 31.0 Å². The molecule has 19 heavy (non-hydrogen) atoms. The van der Waals surface area contributed by atoms with Gasteiger partial charge < -0.3 is 5.32 Å². The Morgan fingerprint density at radius 1 is 1.26 bits per heavy atom. The molecule has 2 rings (SSSR count). The topological polar surface area (TPSA) is 29.9 Å². The summed E-state index contributed by atoms with van der Waals surface area (Å²) in [5.41, 5.74) is 2.59. The molecule has 1 aromatic heterocycles. The molecule has 0 amide bonds. The monoisotopic (exact) mass is 321 g/mol. The van der Waals surface area contributed by atoms with Crippen LogP contribution in [0.15, 0.2) is 41.1 Å². The van der Waals surface area contributed by atoms with E-state index in [2.05, 4.69) is 70.7 Å². The van der Waals surface area contributed by atoms with Gasteiger partial charge in [-0.2, -0.15) is 5.10 Å². The highest BCUT2D eigenvalue weighted by Crippen LogP contribution is 2.20. The molecule has 1 unspecified atom stereocenters. The van der Waals surface area contributed by atoms with E-state index in [9.17, 15) is 0 Å². The van der Waals surface area contributed by atoms with Crippen molar-refractivity contribution in [3.63, 3.8) is 0 Å². The van der Waals surface area contributed by atoms with Gasteiger partial charge in [-0.05, 0) is 43.1 Å². The lowest BCUT2D eigenvalue weighted by Gasteiger charge is -2.17. The first-order valence-corrected chi connectivity index (χ1v) is 7.52. The van der Waals surface area contributed by atoms with E-state index in [4.69, 9.17) is 0 Å². The van der Waals surface area contributed by atoms with Crippen LogP contribution in [0.2, 0.25) is 0 Å². The van der Waals surface area contributed by atoms with Gasteiger partial charge in [-0.25, -0.2) is 0 Å². The molecule has 0 saturated heterocycles. The predicted molar refractivity (Wildman–Crippen MR) is 82.2 cm³/mol. The van der Waals surface area contributed by atoms with Crippen LogP contribution in [0.5, 0.6) is 0 Å². The summed E-state index contributed by atoms with van der Waals surface area (Å²) in [5, 5.41) is 7.88. The summed E-state index contributed by atoms with van der Waals surface area (Å²) in [4.78, 5) is 0. The zero-order valence-corrected chi connectivity index (χ0v) is 13.0. The smallest absolute Gasteiger partial charge is 0.0522 e. The molecule has 1 atom stereocenters. The van der Waals surface area contributed by atoms with E-state index in [0.29, 0.717) is 6.04 Å². The Labute approximate surface area is 123 Å². The van der Waals surface area contributed by atoms with Gasteiger partial charge >= 0.3 is 0 Å². The van der Waals surface area contributed by atoms with Crippen LogP contribution in [0.25, 0.3) is 0 Å². The van der Waals surface area contributed by atoms with Gasteiger partial charge in [-0.3, -0.25) is 4.68 Å². The van der Waals surface area contributed by atoms with Gasteiger partial charge in [0.25, 0.3) is 0 Å². The van der Waals surface area contributed by atoms with E-state index in [1.54, 1.807) is 0 Å². The second kappa shape index (κ2) is 6.87. The first-order valence-electron chi connectivity index (χ1n) is 6.73. The second-order valence-electron chi connectivity index (χ2n) is 4.57. The zero-order chi connectivity index (χ0) is 13.7. The van der Waals surface area contributed by atoms with Crippen LogP contribution in [0, 0.1) is 0 Å². The molecule has 2 aromatic rings. The fourth-order valence-corrected chi connectivity index (χ4v) is 2.43. The van der Waals surface area contributed by atoms with Crippen molar-refractivity contribution in [2.75, 3.05) is 6.54 Å². The summed E-state index contributed by atoms with van der Waals surface area (Å²) >= 11 is 3.48. The minimum Gasteiger partial charge on any atom is -0.310 e. The number of nitrogens with one attached hydrogen (secondary N) is 1. The molecule has 0 aliphatic heterocycles. The Morgan fingerprint density at radius 2 is 2.00 bits per heavy atom. The van der Waals surface area contributed by atoms with Gasteiger partial charge in [0.2, 0.25) is 0 Å². The number of halogens is 1. The zero-order valence-electron chi connectivity index (χ0n) is 11.4. The third-order valence-electron chi connectivity index (χ3n) is 3.17. The van der Waals surface area contributed by atoms with Crippen molar-refractivity contribution < 1.29 is 0 Å². The predicted octanol–water partition coefficient (Wildman–Crippen LogP) is 3.56. The van der Waals surface area contributed by atoms with Gasteiger partial charge in [0, 0.05) is 23.3 Å². The number of aromatic nitrogens is 2. The molecule has 0 bridgehead atoms. The molecule has 3 nitrogen and oxygen atoms in total. The Kier molecular flexibility index (Phi) is 5.16. The fourth-order valence-electron chi connectivity index (χ4n) is 2.17. The van der Waals surface area contributed by atoms with Crippen molar-refractivity contribution >= 4 is 15.9 Å². The molecule has 0 aliphatic rings. The van der Waals surface area contributed by atoms with E-state index in [0.717, 1.165) is 24.0 Å². The normalized spacial score (nSPS) is 12.6. The van der Waals surface area contributed by atoms with Crippen LogP contribution < -0.4 is 5.32 Å². The summed E-state index contributed by atoms with van der Waals surface area (Å²) in [5.74, 6) is 0. The summed E-state index contributed by atoms with van der Waals surface area (Å²) in [7, 11) is 0. The molecule has 0 saturated carbocycles. The van der Waals surface area contributed by atoms with Crippen LogP contribution in [-0.2, 0) is 13.0 Å². The van der Waals surface area contributed by atoms with Crippen LogP contribution in [-0.4, -0.2) is 16.3 Å². The highest BCUT2D eigenvalue weighted by Gasteiger charge is 2.12. The van der Waals surface area contributed by atoms with Gasteiger partial charge in [0.05, 0.1) is 6.20 Å². The highest BCUT2D eigenvalue weighted by molar-refractivity contribution is 9.10. The average molecular weight is 322 g/mol. The van der Waals surface area contributed by atoms with Gasteiger partial charge in [0.1, 0.15) is 0 Å². The Balaban J connectivity index is 2.13. The second-order valence-corrected chi connectivity index (χ2v) is 5.49. The molecule has 0 fully saturated rings. The van der Waals surface area contributed by atoms with Crippen LogP contribution in [0.4, 0.5) is 0 Å². The molecule has 1 N–H and O–H groups in total. The van der Waals surface area contributed by atoms with E-state index in [1.807, 2.05) is 10.9 Å². The third-order valence-corrected chi connectivity index (χ3v) is 3.70. The minimum atomic E-state index is 0.340. The quantitative estimate of drug-likeness (QED) is 0.881. The van der Waals surface area contributed by atoms with Crippen molar-refractivity contribution in [1.29, 1.82) is 0 Å². The van der Waals surface area contributed by atoms with Gasteiger partial charge in [-0.1, -0.05) is 35.0 Å². The number of benzene rings is 1. The van der Waals surface area contributed by atoms with Gasteiger partial charge in [0.15, 0.2) is 0 Å². The lowest BCUT2D eigenvalue weighted by molar-refractivity contribution is 0.549. The Bertz CT molecular complexity index is 504. The highest BCUT2D eigenvalue weighted by atomic mass is 79.9. The lowest BCUT2D eigenvalue weighted by Crippen LogP contribution is -2.22. The van der Waals surface area contributed by atoms with E-state index in [1.165, 1.54) is 11.1 Å². The first-order chi connectivity index (χ1) is 9.22. The van der Waals surface area contributed by atoms with E-state index >= 15 is 0 Å². The number of hydrogen-bond acceptors (Lipinski definition) is 2. The molecule has 4 heteroatoms. The first kappa shape index (κ1) is 14.3. The summed E-state index contributed by atoms with van der Waals surface area (Å²) in [6, 6.07) is 8.86. The number of likely N-dealkylation sites (N-methyl/N-ethyl adjacent to an activating group) is 1. The largest absolute Gasteiger partial charge is 0.310 e. The molecule has 0 radical (unpaired) electrons. The van der Waals surface area contributed by atoms with Crippen molar-refractivity contribution in [2.45, 2.75) is 32.9 Å². The van der Waals surface area contributed by atoms with Crippen molar-refractivity contribution in [3.8, 4) is 0 Å². The standard InChI is InChI=1S/C15H20BrN3/c1-3-17-15(13-5-7-14(16)8-6-13)9-12-10-18-19(4-2)11-12/h5-8,10-11,15,17H,3-4,9H2,1-2H3. The lowest BCUT2D eigenvalue weighted by atomic mass is 10.0. The molecule has 102 valence electrons. The maximum Gasteiger partial charge on any atom is 0.0522 e. The molecule has 1 aromatic carbocycles. The Hall–Kier alpha value is -1.13. The SMILES string of the molecule is CCNC(Cc1cnn(CC)c1)c1ccc(Br)cc1. The Morgan fingerprint density at radius 3 is 2.58 bits per heavy atom. The average Bonchev–Trinajstić information content (AvgIpc) is 2.87. The number of rotatable bonds is 6. The maximum absolute atomic E-state index is 4.34. The molecular formula is C15H20BrN3. The van der Waals surface area contributed by atoms with E-state index < -0.39 is 0 Å². The van der Waals surface area contributed by atoms with Crippen molar-refractivity contribution in [2.24, 2.45) is 0 Å². The number of aryl methyl sites for hydroxylation is 1. The van der Waals surface area contributed by atoms with Gasteiger partial charge in [-0.15, -0.1) is 0 Å². The number of hydrogen-bond donors (Lipinski definition) is 1. The minimum absolute atomic E-state index is 0.340. The molecule has 1 heterocycles. The summed E-state index contributed by atoms with van der Waals surface area (Å²) in [6.07, 6.45) is 5.06. The maximum atomic E-state index is 4.34. The van der Waals surface area contributed by atoms with Crippen LogP contribution >= 0.6 is 15.9 Å². The van der Waals surface area contributed by atoms with Crippen LogP contribution in [0.3, 0.4) is 0 Å². The number of nitrogens with zero attached hydrogens (tertiary/aromatic N) is 2. The summed E-state index contributed by atoms with van der Waals surface area (Å²) in [6.45, 7) is 6.13. The molecule has 0 aliphatic carbocycles. The summed E-state index contributed by atoms with van der Waals surface area (Å²) < 4.78 is 3.09. The third kappa shape index (κ3) is 3.91. The molecular weight excluding hydrogens is 302 g/mol. The van der Waals surface area contributed by atoms with Crippen molar-refractivity contribution in [1.82, 2.24) is 15.1 Å². The fraction of sp³-hybridized carbons (Fsp3) is 0.400. The van der Waals surface area contributed by atoms with Crippen molar-refractivity contribution in [3.05, 3.63) is 52.3 Å². The molecule has 0 spiro atoms. The van der Waals surface area contributed by atoms with E-state index in [-0.39, 0.29) is 0 Å².